The number of carbonyl (C=O) groups is 1. The average Bonchev–Trinajstić information content (AvgIpc) is 2.62. The first kappa shape index (κ1) is 17.9. The largest absolute Gasteiger partial charge is 0.354 e. The van der Waals surface area contributed by atoms with Crippen LogP contribution in [-0.2, 0) is 11.2 Å². The van der Waals surface area contributed by atoms with Crippen LogP contribution >= 0.6 is 11.6 Å². The fraction of sp³-hybridized carbons (Fsp3) is 0.100. The Morgan fingerprint density at radius 3 is 2.58 bits per heavy atom. The molecule has 1 amide bonds. The molecule has 0 fully saturated rings. The van der Waals surface area contributed by atoms with Crippen molar-refractivity contribution in [1.82, 2.24) is 4.98 Å². The second kappa shape index (κ2) is 7.97. The molecule has 132 valence electrons. The molecule has 0 bridgehead atoms. The minimum atomic E-state index is -0.325. The second-order valence-corrected chi connectivity index (χ2v) is 6.30. The number of nitrogens with zero attached hydrogens (tertiary/aromatic N) is 1. The zero-order valence-corrected chi connectivity index (χ0v) is 14.8. The maximum Gasteiger partial charge on any atom is 0.229 e. The van der Waals surface area contributed by atoms with E-state index in [2.05, 4.69) is 15.6 Å². The van der Waals surface area contributed by atoms with Crippen LogP contribution in [0, 0.1) is 12.7 Å². The predicted molar refractivity (Wildman–Crippen MR) is 102 cm³/mol. The van der Waals surface area contributed by atoms with E-state index in [0.29, 0.717) is 10.8 Å². The van der Waals surface area contributed by atoms with E-state index in [4.69, 9.17) is 11.6 Å². The average molecular weight is 370 g/mol. The first-order valence-electron chi connectivity index (χ1n) is 8.03. The Bertz CT molecular complexity index is 911. The van der Waals surface area contributed by atoms with Gasteiger partial charge in [0.2, 0.25) is 5.91 Å². The van der Waals surface area contributed by atoms with Crippen molar-refractivity contribution in [3.05, 3.63) is 82.8 Å². The number of carbonyl (C=O) groups excluding carboxylic acids is 1. The van der Waals surface area contributed by atoms with Gasteiger partial charge in [-0.05, 0) is 54.4 Å². The monoisotopic (exact) mass is 369 g/mol. The van der Waals surface area contributed by atoms with Crippen molar-refractivity contribution in [1.29, 1.82) is 0 Å². The fourth-order valence-corrected chi connectivity index (χ4v) is 2.57. The summed E-state index contributed by atoms with van der Waals surface area (Å²) in [6.07, 6.45) is 1.79. The van der Waals surface area contributed by atoms with Gasteiger partial charge in [-0.3, -0.25) is 4.79 Å². The summed E-state index contributed by atoms with van der Waals surface area (Å²) >= 11 is 6.02. The Morgan fingerprint density at radius 1 is 1.12 bits per heavy atom. The van der Waals surface area contributed by atoms with Crippen LogP contribution in [0.3, 0.4) is 0 Å². The van der Waals surface area contributed by atoms with E-state index in [0.717, 1.165) is 22.5 Å². The Balaban J connectivity index is 1.61. The highest BCUT2D eigenvalue weighted by atomic mass is 35.5. The van der Waals surface area contributed by atoms with Gasteiger partial charge in [0.1, 0.15) is 11.6 Å². The molecule has 0 spiro atoms. The van der Waals surface area contributed by atoms with Crippen molar-refractivity contribution in [2.45, 2.75) is 13.3 Å². The molecule has 1 heterocycles. The molecule has 0 saturated carbocycles. The van der Waals surface area contributed by atoms with Crippen molar-refractivity contribution < 1.29 is 9.18 Å². The summed E-state index contributed by atoms with van der Waals surface area (Å²) in [5, 5.41) is 6.62. The predicted octanol–water partition coefficient (Wildman–Crippen LogP) is 5.11. The summed E-state index contributed by atoms with van der Waals surface area (Å²) in [4.78, 5) is 16.3. The normalized spacial score (nSPS) is 10.4. The molecule has 3 aromatic rings. The van der Waals surface area contributed by atoms with Gasteiger partial charge in [-0.1, -0.05) is 29.8 Å². The molecule has 26 heavy (non-hydrogen) atoms. The lowest BCUT2D eigenvalue weighted by molar-refractivity contribution is -0.115. The van der Waals surface area contributed by atoms with Gasteiger partial charge >= 0.3 is 0 Å². The van der Waals surface area contributed by atoms with Gasteiger partial charge in [-0.25, -0.2) is 9.37 Å². The van der Waals surface area contributed by atoms with Crippen LogP contribution in [0.5, 0.6) is 0 Å². The van der Waals surface area contributed by atoms with E-state index < -0.39 is 0 Å². The minimum Gasteiger partial charge on any atom is -0.354 e. The minimum absolute atomic E-state index is 0.156. The Morgan fingerprint density at radius 2 is 1.88 bits per heavy atom. The molecular formula is C20H17ClFN3O. The highest BCUT2D eigenvalue weighted by molar-refractivity contribution is 6.30. The standard InChI is InChI=1S/C20H17ClFN3O/c1-13-2-5-15(21)11-18(13)24-17-8-9-19(23-12-17)25-20(26)10-14-3-6-16(22)7-4-14/h2-9,11-12,24H,10H2,1H3,(H,23,25,26). The Hall–Kier alpha value is -2.92. The van der Waals surface area contributed by atoms with E-state index >= 15 is 0 Å². The van der Waals surface area contributed by atoms with Crippen LogP contribution in [0.15, 0.2) is 60.8 Å². The fourth-order valence-electron chi connectivity index (χ4n) is 2.40. The van der Waals surface area contributed by atoms with Gasteiger partial charge in [0.05, 0.1) is 18.3 Å². The molecule has 2 aromatic carbocycles. The van der Waals surface area contributed by atoms with Crippen molar-refractivity contribution >= 4 is 34.7 Å². The number of aromatic nitrogens is 1. The number of amides is 1. The third kappa shape index (κ3) is 4.80. The highest BCUT2D eigenvalue weighted by Crippen LogP contribution is 2.24. The number of benzene rings is 2. The van der Waals surface area contributed by atoms with Crippen LogP contribution in [0.1, 0.15) is 11.1 Å². The highest BCUT2D eigenvalue weighted by Gasteiger charge is 2.06. The lowest BCUT2D eigenvalue weighted by Crippen LogP contribution is -2.15. The lowest BCUT2D eigenvalue weighted by atomic mass is 10.1. The van der Waals surface area contributed by atoms with E-state index in [-0.39, 0.29) is 18.1 Å². The number of rotatable bonds is 5. The topological polar surface area (TPSA) is 54.0 Å². The van der Waals surface area contributed by atoms with Crippen molar-refractivity contribution in [2.75, 3.05) is 10.6 Å². The SMILES string of the molecule is Cc1ccc(Cl)cc1Nc1ccc(NC(=O)Cc2ccc(F)cc2)nc1. The molecule has 0 aliphatic rings. The summed E-state index contributed by atoms with van der Waals surface area (Å²) in [7, 11) is 0. The quantitative estimate of drug-likeness (QED) is 0.657. The molecule has 0 aliphatic carbocycles. The van der Waals surface area contributed by atoms with Crippen LogP contribution in [0.2, 0.25) is 5.02 Å². The number of hydrogen-bond donors (Lipinski definition) is 2. The maximum absolute atomic E-state index is 12.9. The summed E-state index contributed by atoms with van der Waals surface area (Å²) < 4.78 is 12.9. The summed E-state index contributed by atoms with van der Waals surface area (Å²) in [6.45, 7) is 1.98. The summed E-state index contributed by atoms with van der Waals surface area (Å²) in [5.74, 6) is -0.0881. The molecular weight excluding hydrogens is 353 g/mol. The zero-order valence-electron chi connectivity index (χ0n) is 14.1. The maximum atomic E-state index is 12.9. The van der Waals surface area contributed by atoms with Crippen LogP contribution < -0.4 is 10.6 Å². The molecule has 2 N–H and O–H groups in total. The van der Waals surface area contributed by atoms with E-state index in [9.17, 15) is 9.18 Å². The number of aryl methyl sites for hydroxylation is 1. The molecule has 0 radical (unpaired) electrons. The van der Waals surface area contributed by atoms with Gasteiger partial charge < -0.3 is 10.6 Å². The van der Waals surface area contributed by atoms with Gasteiger partial charge in [0, 0.05) is 10.7 Å². The first-order chi connectivity index (χ1) is 12.5. The van der Waals surface area contributed by atoms with Gasteiger partial charge in [-0.15, -0.1) is 0 Å². The first-order valence-corrected chi connectivity index (χ1v) is 8.41. The number of nitrogens with one attached hydrogen (secondary N) is 2. The molecule has 0 unspecified atom stereocenters. The van der Waals surface area contributed by atoms with E-state index in [1.165, 1.54) is 12.1 Å². The zero-order chi connectivity index (χ0) is 18.5. The van der Waals surface area contributed by atoms with Crippen LogP contribution in [0.4, 0.5) is 21.6 Å². The van der Waals surface area contributed by atoms with E-state index in [1.54, 1.807) is 24.4 Å². The third-order valence-corrected chi connectivity index (χ3v) is 4.02. The van der Waals surface area contributed by atoms with Crippen molar-refractivity contribution in [3.8, 4) is 0 Å². The smallest absolute Gasteiger partial charge is 0.229 e. The molecule has 0 aliphatic heterocycles. The van der Waals surface area contributed by atoms with Gasteiger partial charge in [0.15, 0.2) is 0 Å². The molecule has 4 nitrogen and oxygen atoms in total. The van der Waals surface area contributed by atoms with Crippen LogP contribution in [-0.4, -0.2) is 10.9 Å². The lowest BCUT2D eigenvalue weighted by Gasteiger charge is -2.10. The third-order valence-electron chi connectivity index (χ3n) is 3.79. The van der Waals surface area contributed by atoms with E-state index in [1.807, 2.05) is 31.2 Å². The number of anilines is 3. The van der Waals surface area contributed by atoms with Crippen molar-refractivity contribution in [3.63, 3.8) is 0 Å². The molecule has 3 rings (SSSR count). The number of hydrogen-bond acceptors (Lipinski definition) is 3. The van der Waals surface area contributed by atoms with Gasteiger partial charge in [0.25, 0.3) is 0 Å². The van der Waals surface area contributed by atoms with Crippen molar-refractivity contribution in [2.24, 2.45) is 0 Å². The number of halogens is 2. The number of pyridine rings is 1. The molecule has 0 saturated heterocycles. The Kier molecular flexibility index (Phi) is 5.49. The van der Waals surface area contributed by atoms with Gasteiger partial charge in [-0.2, -0.15) is 0 Å². The molecule has 6 heteroatoms. The molecule has 1 aromatic heterocycles. The second-order valence-electron chi connectivity index (χ2n) is 5.87. The molecule has 0 atom stereocenters. The Labute approximate surface area is 156 Å². The summed E-state index contributed by atoms with van der Waals surface area (Å²) in [6, 6.07) is 15.0. The van der Waals surface area contributed by atoms with Crippen LogP contribution in [0.25, 0.3) is 0 Å². The summed E-state index contributed by atoms with van der Waals surface area (Å²) in [5.41, 5.74) is 3.48.